The molecule has 162 valence electrons. The van der Waals surface area contributed by atoms with Gasteiger partial charge in [0.2, 0.25) is 5.88 Å². The molecule has 0 unspecified atom stereocenters. The zero-order valence-corrected chi connectivity index (χ0v) is 15.2. The van der Waals surface area contributed by atoms with Crippen LogP contribution in [0.25, 0.3) is 0 Å². The minimum atomic E-state index is -4.62. The maximum absolute atomic E-state index is 12.8. The van der Waals surface area contributed by atoms with Gasteiger partial charge in [-0.2, -0.15) is 13.2 Å². The van der Waals surface area contributed by atoms with Crippen LogP contribution in [0.1, 0.15) is 16.2 Å². The van der Waals surface area contributed by atoms with Gasteiger partial charge in [0.25, 0.3) is 0 Å². The van der Waals surface area contributed by atoms with Crippen molar-refractivity contribution in [2.45, 2.75) is 30.5 Å². The summed E-state index contributed by atoms with van der Waals surface area (Å²) in [6, 6.07) is 4.81. The molecule has 0 bridgehead atoms. The van der Waals surface area contributed by atoms with Crippen LogP contribution < -0.4 is 10.1 Å². The second kappa shape index (κ2) is 8.77. The average molecular weight is 430 g/mol. The van der Waals surface area contributed by atoms with Crippen LogP contribution in [0.2, 0.25) is 0 Å². The van der Waals surface area contributed by atoms with Gasteiger partial charge >= 0.3 is 12.1 Å². The van der Waals surface area contributed by atoms with Gasteiger partial charge in [0, 0.05) is 6.07 Å². The standard InChI is InChI=1S/C17H17F3N4O6/c18-17(19,20)11-2-1-3-12(22-11)21-9-6-29-10(15(26)14(9)25)7-30-13-5-4-8(16(27)28)23-24-13/h1-5,9-10,14-15,25-26H,6-7H2,(H,21,22)(H,27,28)/t9-,10+,14+,15-/m0/s1. The van der Waals surface area contributed by atoms with Crippen molar-refractivity contribution in [2.24, 2.45) is 0 Å². The molecule has 1 saturated heterocycles. The second-order valence-corrected chi connectivity index (χ2v) is 6.38. The van der Waals surface area contributed by atoms with E-state index in [-0.39, 0.29) is 30.6 Å². The van der Waals surface area contributed by atoms with E-state index in [1.165, 1.54) is 18.2 Å². The molecule has 4 atom stereocenters. The first-order valence-electron chi connectivity index (χ1n) is 8.63. The van der Waals surface area contributed by atoms with E-state index in [4.69, 9.17) is 14.6 Å². The molecule has 1 fully saturated rings. The summed E-state index contributed by atoms with van der Waals surface area (Å²) < 4.78 is 49.0. The zero-order chi connectivity index (χ0) is 21.9. The van der Waals surface area contributed by atoms with Crippen LogP contribution in [0.4, 0.5) is 19.0 Å². The molecule has 2 aromatic rings. The van der Waals surface area contributed by atoms with Gasteiger partial charge in [-0.1, -0.05) is 6.07 Å². The minimum Gasteiger partial charge on any atom is -0.476 e. The maximum Gasteiger partial charge on any atom is 0.433 e. The lowest BCUT2D eigenvalue weighted by molar-refractivity contribution is -0.150. The molecule has 30 heavy (non-hydrogen) atoms. The summed E-state index contributed by atoms with van der Waals surface area (Å²) in [5.41, 5.74) is -1.37. The number of nitrogens with zero attached hydrogens (tertiary/aromatic N) is 3. The summed E-state index contributed by atoms with van der Waals surface area (Å²) in [7, 11) is 0. The molecule has 4 N–H and O–H groups in total. The highest BCUT2D eigenvalue weighted by Crippen LogP contribution is 2.28. The quantitative estimate of drug-likeness (QED) is 0.513. The van der Waals surface area contributed by atoms with Crippen molar-refractivity contribution in [3.8, 4) is 5.88 Å². The van der Waals surface area contributed by atoms with Gasteiger partial charge in [-0.3, -0.25) is 0 Å². The highest BCUT2D eigenvalue weighted by molar-refractivity contribution is 5.84. The molecular weight excluding hydrogens is 413 g/mol. The van der Waals surface area contributed by atoms with Crippen LogP contribution in [0.5, 0.6) is 5.88 Å². The fourth-order valence-electron chi connectivity index (χ4n) is 2.70. The Hall–Kier alpha value is -3.03. The number of aliphatic hydroxyl groups is 2. The van der Waals surface area contributed by atoms with Crippen molar-refractivity contribution in [1.29, 1.82) is 0 Å². The normalized spacial score (nSPS) is 24.3. The number of ether oxygens (including phenoxy) is 2. The number of pyridine rings is 1. The largest absolute Gasteiger partial charge is 0.476 e. The van der Waals surface area contributed by atoms with Crippen molar-refractivity contribution in [3.05, 3.63) is 41.7 Å². The van der Waals surface area contributed by atoms with E-state index in [1.54, 1.807) is 0 Å². The molecule has 0 spiro atoms. The van der Waals surface area contributed by atoms with Gasteiger partial charge in [0.15, 0.2) is 5.69 Å². The highest BCUT2D eigenvalue weighted by Gasteiger charge is 2.39. The van der Waals surface area contributed by atoms with Crippen molar-refractivity contribution >= 4 is 11.8 Å². The Morgan fingerprint density at radius 3 is 2.60 bits per heavy atom. The Kier molecular flexibility index (Phi) is 6.34. The van der Waals surface area contributed by atoms with E-state index >= 15 is 0 Å². The number of rotatable bonds is 6. The second-order valence-electron chi connectivity index (χ2n) is 6.38. The van der Waals surface area contributed by atoms with Crippen molar-refractivity contribution in [1.82, 2.24) is 15.2 Å². The molecule has 0 aromatic carbocycles. The SMILES string of the molecule is O=C(O)c1ccc(OC[C@H]2OC[C@H](Nc3cccc(C(F)(F)F)n3)[C@@H](O)[C@H]2O)nn1. The van der Waals surface area contributed by atoms with Crippen LogP contribution in [0.3, 0.4) is 0 Å². The van der Waals surface area contributed by atoms with Crippen LogP contribution >= 0.6 is 0 Å². The summed E-state index contributed by atoms with van der Waals surface area (Å²) in [4.78, 5) is 14.2. The zero-order valence-electron chi connectivity index (χ0n) is 15.2. The Morgan fingerprint density at radius 1 is 1.20 bits per heavy atom. The third kappa shape index (κ3) is 5.11. The number of carboxylic acids is 1. The van der Waals surface area contributed by atoms with Crippen LogP contribution in [-0.4, -0.2) is 74.0 Å². The summed E-state index contributed by atoms with van der Waals surface area (Å²) in [5, 5.41) is 38.9. The minimum absolute atomic E-state index is 0.0151. The summed E-state index contributed by atoms with van der Waals surface area (Å²) >= 11 is 0. The average Bonchev–Trinajstić information content (AvgIpc) is 2.71. The molecule has 0 amide bonds. The molecule has 0 saturated carbocycles. The summed E-state index contributed by atoms with van der Waals surface area (Å²) in [6.45, 7) is -0.373. The van der Waals surface area contributed by atoms with Gasteiger partial charge < -0.3 is 30.1 Å². The summed E-state index contributed by atoms with van der Waals surface area (Å²) in [5.74, 6) is -1.40. The number of hydrogen-bond donors (Lipinski definition) is 4. The van der Waals surface area contributed by atoms with Crippen LogP contribution in [0, 0.1) is 0 Å². The maximum atomic E-state index is 12.8. The Morgan fingerprint density at radius 2 is 1.97 bits per heavy atom. The number of alkyl halides is 3. The number of halogens is 3. The molecule has 2 aromatic heterocycles. The number of aromatic nitrogens is 3. The molecule has 1 aliphatic heterocycles. The number of aliphatic hydroxyl groups excluding tert-OH is 2. The molecule has 13 heteroatoms. The number of anilines is 1. The third-order valence-corrected chi connectivity index (χ3v) is 4.26. The van der Waals surface area contributed by atoms with E-state index < -0.39 is 42.2 Å². The summed E-state index contributed by atoms with van der Waals surface area (Å²) in [6.07, 6.45) is -8.39. The smallest absolute Gasteiger partial charge is 0.433 e. The number of nitrogens with one attached hydrogen (secondary N) is 1. The highest BCUT2D eigenvalue weighted by atomic mass is 19.4. The lowest BCUT2D eigenvalue weighted by atomic mass is 9.98. The van der Waals surface area contributed by atoms with Crippen LogP contribution in [-0.2, 0) is 10.9 Å². The molecule has 10 nitrogen and oxygen atoms in total. The fourth-order valence-corrected chi connectivity index (χ4v) is 2.70. The third-order valence-electron chi connectivity index (χ3n) is 4.26. The lowest BCUT2D eigenvalue weighted by Gasteiger charge is -2.37. The molecule has 0 aliphatic carbocycles. The molecular formula is C17H17F3N4O6. The van der Waals surface area contributed by atoms with Crippen molar-refractivity contribution in [2.75, 3.05) is 18.5 Å². The van der Waals surface area contributed by atoms with E-state index in [0.717, 1.165) is 12.1 Å². The molecule has 3 heterocycles. The van der Waals surface area contributed by atoms with Gasteiger partial charge in [-0.15, -0.1) is 10.2 Å². The van der Waals surface area contributed by atoms with Gasteiger partial charge in [-0.25, -0.2) is 9.78 Å². The van der Waals surface area contributed by atoms with Crippen molar-refractivity contribution < 1.29 is 42.8 Å². The Labute approximate surface area is 167 Å². The first-order chi connectivity index (χ1) is 14.1. The van der Waals surface area contributed by atoms with E-state index in [9.17, 15) is 28.2 Å². The Bertz CT molecular complexity index is 883. The van der Waals surface area contributed by atoms with Gasteiger partial charge in [0.1, 0.15) is 36.4 Å². The predicted molar refractivity (Wildman–Crippen MR) is 92.9 cm³/mol. The molecule has 0 radical (unpaired) electrons. The number of carboxylic acid groups (broad SMARTS) is 1. The monoisotopic (exact) mass is 430 g/mol. The van der Waals surface area contributed by atoms with E-state index in [2.05, 4.69) is 20.5 Å². The Balaban J connectivity index is 1.57. The van der Waals surface area contributed by atoms with E-state index in [1.807, 2.05) is 0 Å². The lowest BCUT2D eigenvalue weighted by Crippen LogP contribution is -2.57. The van der Waals surface area contributed by atoms with E-state index in [0.29, 0.717) is 0 Å². The molecule has 1 aliphatic rings. The molecule has 3 rings (SSSR count). The predicted octanol–water partition coefficient (Wildman–Crippen LogP) is 0.569. The fraction of sp³-hybridized carbons (Fsp3) is 0.412. The first kappa shape index (κ1) is 21.7. The number of carbonyl (C=O) groups is 1. The van der Waals surface area contributed by atoms with Gasteiger partial charge in [0.05, 0.1) is 12.6 Å². The van der Waals surface area contributed by atoms with Crippen LogP contribution in [0.15, 0.2) is 30.3 Å². The number of hydrogen-bond acceptors (Lipinski definition) is 9. The topological polar surface area (TPSA) is 147 Å². The number of aromatic carboxylic acids is 1. The van der Waals surface area contributed by atoms with Gasteiger partial charge in [-0.05, 0) is 18.2 Å². The first-order valence-corrected chi connectivity index (χ1v) is 8.63. The van der Waals surface area contributed by atoms with Crippen molar-refractivity contribution in [3.63, 3.8) is 0 Å².